The van der Waals surface area contributed by atoms with Gasteiger partial charge in [-0.25, -0.2) is 4.79 Å². The third kappa shape index (κ3) is 6.53. The molecule has 2 aliphatic heterocycles. The van der Waals surface area contributed by atoms with Crippen LogP contribution in [-0.2, 0) is 14.3 Å². The predicted molar refractivity (Wildman–Crippen MR) is 124 cm³/mol. The molecule has 1 atom stereocenters. The van der Waals surface area contributed by atoms with Crippen LogP contribution in [-0.4, -0.2) is 88.9 Å². The summed E-state index contributed by atoms with van der Waals surface area (Å²) in [5.74, 6) is -1.20. The summed E-state index contributed by atoms with van der Waals surface area (Å²) in [6.07, 6.45) is -2.94. The van der Waals surface area contributed by atoms with E-state index in [1.807, 2.05) is 0 Å². The summed E-state index contributed by atoms with van der Waals surface area (Å²) in [4.78, 5) is 36.8. The number of aryl methyl sites for hydroxylation is 2. The molecule has 4 heterocycles. The van der Waals surface area contributed by atoms with E-state index >= 15 is 0 Å². The minimum absolute atomic E-state index is 0.194. The number of aliphatic carboxylic acids is 1. The predicted octanol–water partition coefficient (Wildman–Crippen LogP) is 2.71. The number of aromatic amines is 1. The van der Waals surface area contributed by atoms with E-state index < -0.39 is 12.1 Å². The van der Waals surface area contributed by atoms with E-state index in [1.54, 1.807) is 4.90 Å². The van der Waals surface area contributed by atoms with Crippen molar-refractivity contribution in [3.63, 3.8) is 0 Å². The molecule has 1 amide bonds. The Bertz CT molecular complexity index is 1060. The first-order chi connectivity index (χ1) is 16.3. The summed E-state index contributed by atoms with van der Waals surface area (Å²) >= 11 is 0. The molecule has 0 aliphatic carbocycles. The fraction of sp³-hybridized carbons (Fsp3) is 0.636. The van der Waals surface area contributed by atoms with Gasteiger partial charge in [-0.2, -0.15) is 23.1 Å². The number of piperazine rings is 1. The molecule has 2 aromatic heterocycles. The van der Waals surface area contributed by atoms with Crippen molar-refractivity contribution in [2.45, 2.75) is 46.4 Å². The third-order valence-electron chi connectivity index (χ3n) is 6.12. The van der Waals surface area contributed by atoms with Gasteiger partial charge >= 0.3 is 12.1 Å². The minimum atomic E-state index is -5.08. The number of nitrogens with one attached hydrogen (secondary N) is 2. The highest BCUT2D eigenvalue weighted by molar-refractivity contribution is 5.92. The second-order valence-electron chi connectivity index (χ2n) is 9.58. The smallest absolute Gasteiger partial charge is 0.475 e. The Morgan fingerprint density at radius 2 is 1.89 bits per heavy atom. The molecule has 0 bridgehead atoms. The Morgan fingerprint density at radius 3 is 2.40 bits per heavy atom. The van der Waals surface area contributed by atoms with Gasteiger partial charge in [0.2, 0.25) is 12.4 Å². The number of ether oxygens (including phenoxy) is 1. The molecule has 0 saturated carbocycles. The van der Waals surface area contributed by atoms with Crippen molar-refractivity contribution in [2.24, 2.45) is 5.41 Å². The average molecular weight is 501 g/mol. The second kappa shape index (κ2) is 10.3. The SMILES string of the molecule is Cc1[nH]c2nc(N3CCN(C=O)CC3)nc(NCC3CC(C)(C)CO3)c2c1C.O=C(O)C(F)(F)F. The van der Waals surface area contributed by atoms with Crippen molar-refractivity contribution in [3.05, 3.63) is 11.3 Å². The Labute approximate surface area is 200 Å². The molecule has 0 aromatic carbocycles. The van der Waals surface area contributed by atoms with Crippen molar-refractivity contribution in [1.82, 2.24) is 19.9 Å². The Balaban J connectivity index is 0.000000429. The number of carboxylic acids is 1. The van der Waals surface area contributed by atoms with Crippen molar-refractivity contribution in [3.8, 4) is 0 Å². The number of amides is 1. The first-order valence-corrected chi connectivity index (χ1v) is 11.3. The maximum Gasteiger partial charge on any atom is 0.490 e. The average Bonchev–Trinajstić information content (AvgIpc) is 3.29. The molecule has 3 N–H and O–H groups in total. The lowest BCUT2D eigenvalue weighted by atomic mass is 9.91. The van der Waals surface area contributed by atoms with Crippen LogP contribution >= 0.6 is 0 Å². The van der Waals surface area contributed by atoms with Crippen LogP contribution in [0, 0.1) is 19.3 Å². The van der Waals surface area contributed by atoms with E-state index in [4.69, 9.17) is 24.6 Å². The summed E-state index contributed by atoms with van der Waals surface area (Å²) in [5.41, 5.74) is 3.36. The molecule has 1 unspecified atom stereocenters. The summed E-state index contributed by atoms with van der Waals surface area (Å²) in [6, 6.07) is 0. The van der Waals surface area contributed by atoms with Gasteiger partial charge in [-0.1, -0.05) is 13.8 Å². The molecule has 2 aliphatic rings. The number of carbonyl (C=O) groups is 2. The molecule has 2 saturated heterocycles. The molecule has 4 rings (SSSR count). The number of H-pyrrole nitrogens is 1. The molecule has 2 aromatic rings. The highest BCUT2D eigenvalue weighted by Crippen LogP contribution is 2.33. The van der Waals surface area contributed by atoms with E-state index in [0.29, 0.717) is 19.0 Å². The van der Waals surface area contributed by atoms with Gasteiger partial charge < -0.3 is 29.9 Å². The highest BCUT2D eigenvalue weighted by atomic mass is 19.4. The molecular formula is C22H31F3N6O4. The van der Waals surface area contributed by atoms with Crippen molar-refractivity contribution in [2.75, 3.05) is 49.5 Å². The van der Waals surface area contributed by atoms with Gasteiger partial charge in [-0.05, 0) is 31.2 Å². The molecule has 194 valence electrons. The lowest BCUT2D eigenvalue weighted by molar-refractivity contribution is -0.192. The van der Waals surface area contributed by atoms with Crippen molar-refractivity contribution < 1.29 is 32.6 Å². The second-order valence-corrected chi connectivity index (χ2v) is 9.58. The lowest BCUT2D eigenvalue weighted by Gasteiger charge is -2.32. The topological polar surface area (TPSA) is 124 Å². The van der Waals surface area contributed by atoms with Crippen LogP contribution in [0.1, 0.15) is 31.5 Å². The first kappa shape index (κ1) is 26.5. The summed E-state index contributed by atoms with van der Waals surface area (Å²) in [7, 11) is 0. The summed E-state index contributed by atoms with van der Waals surface area (Å²) in [5, 5.41) is 11.7. The standard InChI is InChI=1S/C20H30N6O2.C2HF3O2/c1-13-14(2)22-18-16(13)17(21-10-15-9-20(3,4)11-28-15)23-19(24-18)26-7-5-25(12-27)6-8-26;3-2(4,5)1(6)7/h12,15H,5-11H2,1-4H3,(H2,21,22,23,24);(H,6,7). The zero-order chi connectivity index (χ0) is 26.0. The molecular weight excluding hydrogens is 469 g/mol. The van der Waals surface area contributed by atoms with Gasteiger partial charge in [-0.15, -0.1) is 0 Å². The number of halogens is 3. The maximum absolute atomic E-state index is 11.0. The number of hydrogen-bond acceptors (Lipinski definition) is 7. The number of hydrogen-bond donors (Lipinski definition) is 3. The highest BCUT2D eigenvalue weighted by Gasteiger charge is 2.38. The van der Waals surface area contributed by atoms with Crippen LogP contribution in [0.15, 0.2) is 0 Å². The van der Waals surface area contributed by atoms with Crippen LogP contribution in [0.4, 0.5) is 24.9 Å². The van der Waals surface area contributed by atoms with Crippen LogP contribution in [0.3, 0.4) is 0 Å². The molecule has 2 fully saturated rings. The molecule has 0 spiro atoms. The first-order valence-electron chi connectivity index (χ1n) is 11.3. The van der Waals surface area contributed by atoms with Crippen LogP contribution < -0.4 is 10.2 Å². The third-order valence-corrected chi connectivity index (χ3v) is 6.12. The van der Waals surface area contributed by atoms with Gasteiger partial charge in [0.15, 0.2) is 0 Å². The molecule has 0 radical (unpaired) electrons. The largest absolute Gasteiger partial charge is 0.490 e. The van der Waals surface area contributed by atoms with Crippen LogP contribution in [0.5, 0.6) is 0 Å². The Morgan fingerprint density at radius 1 is 1.26 bits per heavy atom. The van der Waals surface area contributed by atoms with Crippen LogP contribution in [0.25, 0.3) is 11.0 Å². The van der Waals surface area contributed by atoms with E-state index in [0.717, 1.165) is 61.6 Å². The Hall–Kier alpha value is -3.09. The number of alkyl halides is 3. The van der Waals surface area contributed by atoms with E-state index in [-0.39, 0.29) is 11.5 Å². The molecule has 10 nitrogen and oxygen atoms in total. The van der Waals surface area contributed by atoms with Crippen molar-refractivity contribution in [1.29, 1.82) is 0 Å². The fourth-order valence-electron chi connectivity index (χ4n) is 4.07. The van der Waals surface area contributed by atoms with Gasteiger partial charge in [0.05, 0.1) is 18.1 Å². The quantitative estimate of drug-likeness (QED) is 0.536. The van der Waals surface area contributed by atoms with Gasteiger partial charge in [0, 0.05) is 38.4 Å². The van der Waals surface area contributed by atoms with Crippen molar-refractivity contribution >= 4 is 35.2 Å². The maximum atomic E-state index is 11.0. The molecule has 13 heteroatoms. The number of fused-ring (bicyclic) bond motifs is 1. The van der Waals surface area contributed by atoms with E-state index in [2.05, 4.69) is 42.9 Å². The van der Waals surface area contributed by atoms with E-state index in [1.165, 1.54) is 5.56 Å². The van der Waals surface area contributed by atoms with E-state index in [9.17, 15) is 18.0 Å². The number of nitrogens with zero attached hydrogens (tertiary/aromatic N) is 4. The fourth-order valence-corrected chi connectivity index (χ4v) is 4.07. The van der Waals surface area contributed by atoms with Crippen LogP contribution in [0.2, 0.25) is 0 Å². The zero-order valence-corrected chi connectivity index (χ0v) is 20.2. The van der Waals surface area contributed by atoms with Gasteiger partial charge in [0.1, 0.15) is 11.5 Å². The zero-order valence-electron chi connectivity index (χ0n) is 20.2. The number of aromatic nitrogens is 3. The minimum Gasteiger partial charge on any atom is -0.475 e. The number of carboxylic acid groups (broad SMARTS) is 1. The summed E-state index contributed by atoms with van der Waals surface area (Å²) in [6.45, 7) is 13.0. The lowest BCUT2D eigenvalue weighted by Crippen LogP contribution is -2.46. The summed E-state index contributed by atoms with van der Waals surface area (Å²) < 4.78 is 37.7. The number of rotatable bonds is 5. The van der Waals surface area contributed by atoms with Gasteiger partial charge in [-0.3, -0.25) is 4.79 Å². The monoisotopic (exact) mass is 500 g/mol. The number of anilines is 2. The molecule has 35 heavy (non-hydrogen) atoms. The number of carbonyl (C=O) groups excluding carboxylic acids is 1. The Kier molecular flexibility index (Phi) is 7.77. The van der Waals surface area contributed by atoms with Gasteiger partial charge in [0.25, 0.3) is 0 Å². The normalized spacial score (nSPS) is 19.9.